The van der Waals surface area contributed by atoms with Crippen LogP contribution in [-0.2, 0) is 11.2 Å². The van der Waals surface area contributed by atoms with E-state index in [1.807, 2.05) is 31.2 Å². The first-order valence-corrected chi connectivity index (χ1v) is 5.83. The maximum Gasteiger partial charge on any atom is 0.226 e. The van der Waals surface area contributed by atoms with E-state index >= 15 is 0 Å². The predicted molar refractivity (Wildman–Crippen MR) is 68.0 cm³/mol. The highest BCUT2D eigenvalue weighted by molar-refractivity contribution is 5.78. The van der Waals surface area contributed by atoms with Crippen molar-refractivity contribution in [1.29, 1.82) is 0 Å². The van der Waals surface area contributed by atoms with E-state index in [0.29, 0.717) is 26.1 Å². The second-order valence-electron chi connectivity index (χ2n) is 3.86. The summed E-state index contributed by atoms with van der Waals surface area (Å²) in [6, 6.07) is 7.60. The fourth-order valence-corrected chi connectivity index (χ4v) is 1.50. The molecule has 1 rings (SSSR count). The molecule has 0 heterocycles. The number of amides is 1. The highest BCUT2D eigenvalue weighted by Gasteiger charge is 2.08. The SMILES string of the molecule is CCOc1ccc(CC(=O)N(C)CCN)cc1. The maximum absolute atomic E-state index is 11.8. The lowest BCUT2D eigenvalue weighted by Crippen LogP contribution is -2.32. The first-order chi connectivity index (χ1) is 8.17. The van der Waals surface area contributed by atoms with Crippen molar-refractivity contribution in [2.45, 2.75) is 13.3 Å². The Hall–Kier alpha value is -1.55. The Labute approximate surface area is 102 Å². The monoisotopic (exact) mass is 236 g/mol. The zero-order chi connectivity index (χ0) is 12.7. The summed E-state index contributed by atoms with van der Waals surface area (Å²) in [6.07, 6.45) is 0.406. The van der Waals surface area contributed by atoms with E-state index in [9.17, 15) is 4.79 Å². The summed E-state index contributed by atoms with van der Waals surface area (Å²) in [7, 11) is 1.77. The standard InChI is InChI=1S/C13H20N2O2/c1-3-17-12-6-4-11(5-7-12)10-13(16)15(2)9-8-14/h4-7H,3,8-10,14H2,1-2H3. The van der Waals surface area contributed by atoms with E-state index in [-0.39, 0.29) is 5.91 Å². The van der Waals surface area contributed by atoms with Crippen LogP contribution < -0.4 is 10.5 Å². The fraction of sp³-hybridized carbons (Fsp3) is 0.462. The molecule has 2 N–H and O–H groups in total. The topological polar surface area (TPSA) is 55.6 Å². The van der Waals surface area contributed by atoms with Gasteiger partial charge in [0.05, 0.1) is 13.0 Å². The molecule has 1 aromatic rings. The van der Waals surface area contributed by atoms with E-state index in [1.54, 1.807) is 11.9 Å². The number of likely N-dealkylation sites (N-methyl/N-ethyl adjacent to an activating group) is 1. The molecule has 0 atom stereocenters. The molecule has 94 valence electrons. The van der Waals surface area contributed by atoms with Gasteiger partial charge in [0, 0.05) is 20.1 Å². The van der Waals surface area contributed by atoms with E-state index < -0.39 is 0 Å². The zero-order valence-electron chi connectivity index (χ0n) is 10.5. The Morgan fingerprint density at radius 3 is 2.53 bits per heavy atom. The molecule has 0 radical (unpaired) electrons. The first-order valence-electron chi connectivity index (χ1n) is 5.83. The largest absolute Gasteiger partial charge is 0.494 e. The number of hydrogen-bond donors (Lipinski definition) is 1. The van der Waals surface area contributed by atoms with Crippen LogP contribution in [0, 0.1) is 0 Å². The first kappa shape index (κ1) is 13.5. The Balaban J connectivity index is 2.53. The molecule has 0 aliphatic heterocycles. The van der Waals surface area contributed by atoms with E-state index in [2.05, 4.69) is 0 Å². The lowest BCUT2D eigenvalue weighted by molar-refractivity contribution is -0.129. The number of nitrogens with two attached hydrogens (primary N) is 1. The molecular formula is C13H20N2O2. The summed E-state index contributed by atoms with van der Waals surface area (Å²) < 4.78 is 5.34. The average Bonchev–Trinajstić information content (AvgIpc) is 2.32. The Morgan fingerprint density at radius 2 is 2.00 bits per heavy atom. The van der Waals surface area contributed by atoms with Crippen LogP contribution in [0.15, 0.2) is 24.3 Å². The van der Waals surface area contributed by atoms with Crippen LogP contribution in [0.25, 0.3) is 0 Å². The minimum absolute atomic E-state index is 0.0830. The van der Waals surface area contributed by atoms with Gasteiger partial charge in [-0.15, -0.1) is 0 Å². The second kappa shape index (κ2) is 6.91. The van der Waals surface area contributed by atoms with Crippen molar-refractivity contribution in [3.8, 4) is 5.75 Å². The number of carbonyl (C=O) groups is 1. The van der Waals surface area contributed by atoms with Gasteiger partial charge in [0.1, 0.15) is 5.75 Å². The van der Waals surface area contributed by atoms with Gasteiger partial charge in [0.2, 0.25) is 5.91 Å². The Bertz CT molecular complexity index is 349. The molecular weight excluding hydrogens is 216 g/mol. The van der Waals surface area contributed by atoms with Crippen LogP contribution in [0.5, 0.6) is 5.75 Å². The fourth-order valence-electron chi connectivity index (χ4n) is 1.50. The van der Waals surface area contributed by atoms with Crippen molar-refractivity contribution in [1.82, 2.24) is 4.90 Å². The summed E-state index contributed by atoms with van der Waals surface area (Å²) in [5.41, 5.74) is 6.39. The highest BCUT2D eigenvalue weighted by Crippen LogP contribution is 2.12. The van der Waals surface area contributed by atoms with Gasteiger partial charge in [-0.3, -0.25) is 4.79 Å². The highest BCUT2D eigenvalue weighted by atomic mass is 16.5. The molecule has 0 saturated heterocycles. The van der Waals surface area contributed by atoms with Crippen molar-refractivity contribution in [2.75, 3.05) is 26.7 Å². The number of ether oxygens (including phenoxy) is 1. The number of hydrogen-bond acceptors (Lipinski definition) is 3. The third kappa shape index (κ3) is 4.44. The van der Waals surface area contributed by atoms with E-state index in [1.165, 1.54) is 0 Å². The van der Waals surface area contributed by atoms with Crippen molar-refractivity contribution in [2.24, 2.45) is 5.73 Å². The van der Waals surface area contributed by atoms with Crippen LogP contribution in [0.3, 0.4) is 0 Å². The van der Waals surface area contributed by atoms with Crippen LogP contribution in [0.2, 0.25) is 0 Å². The third-order valence-electron chi connectivity index (χ3n) is 2.48. The number of carbonyl (C=O) groups excluding carboxylic acids is 1. The Morgan fingerprint density at radius 1 is 1.35 bits per heavy atom. The molecule has 0 saturated carbocycles. The van der Waals surface area contributed by atoms with Gasteiger partial charge in [0.25, 0.3) is 0 Å². The molecule has 0 bridgehead atoms. The molecule has 0 aliphatic carbocycles. The van der Waals surface area contributed by atoms with Gasteiger partial charge in [-0.2, -0.15) is 0 Å². The molecule has 4 nitrogen and oxygen atoms in total. The number of rotatable bonds is 6. The molecule has 0 aromatic heterocycles. The predicted octanol–water partition coefficient (Wildman–Crippen LogP) is 1.04. The lowest BCUT2D eigenvalue weighted by atomic mass is 10.1. The van der Waals surface area contributed by atoms with Crippen molar-refractivity contribution in [3.05, 3.63) is 29.8 Å². The minimum atomic E-state index is 0.0830. The summed E-state index contributed by atoms with van der Waals surface area (Å²) in [6.45, 7) is 3.68. The molecule has 17 heavy (non-hydrogen) atoms. The van der Waals surface area contributed by atoms with Gasteiger partial charge < -0.3 is 15.4 Å². The maximum atomic E-state index is 11.8. The molecule has 4 heteroatoms. The minimum Gasteiger partial charge on any atom is -0.494 e. The molecule has 1 aromatic carbocycles. The normalized spacial score (nSPS) is 10.1. The van der Waals surface area contributed by atoms with E-state index in [0.717, 1.165) is 11.3 Å². The van der Waals surface area contributed by atoms with Crippen molar-refractivity contribution in [3.63, 3.8) is 0 Å². The van der Waals surface area contributed by atoms with Gasteiger partial charge in [-0.25, -0.2) is 0 Å². The van der Waals surface area contributed by atoms with Crippen LogP contribution >= 0.6 is 0 Å². The smallest absolute Gasteiger partial charge is 0.226 e. The molecule has 0 fully saturated rings. The molecule has 1 amide bonds. The van der Waals surface area contributed by atoms with Crippen LogP contribution in [0.1, 0.15) is 12.5 Å². The van der Waals surface area contributed by atoms with Gasteiger partial charge in [-0.1, -0.05) is 12.1 Å². The average molecular weight is 236 g/mol. The van der Waals surface area contributed by atoms with Crippen LogP contribution in [0.4, 0.5) is 0 Å². The lowest BCUT2D eigenvalue weighted by Gasteiger charge is -2.15. The molecule has 0 spiro atoms. The summed E-state index contributed by atoms with van der Waals surface area (Å²) >= 11 is 0. The molecule has 0 unspecified atom stereocenters. The number of benzene rings is 1. The summed E-state index contributed by atoms with van der Waals surface area (Å²) in [5, 5.41) is 0. The molecule has 0 aliphatic rings. The van der Waals surface area contributed by atoms with Gasteiger partial charge in [-0.05, 0) is 24.6 Å². The second-order valence-corrected chi connectivity index (χ2v) is 3.86. The Kier molecular flexibility index (Phi) is 5.49. The third-order valence-corrected chi connectivity index (χ3v) is 2.48. The van der Waals surface area contributed by atoms with Crippen molar-refractivity contribution < 1.29 is 9.53 Å². The quantitative estimate of drug-likeness (QED) is 0.803. The summed E-state index contributed by atoms with van der Waals surface area (Å²) in [4.78, 5) is 13.4. The van der Waals surface area contributed by atoms with Crippen molar-refractivity contribution >= 4 is 5.91 Å². The number of nitrogens with zero attached hydrogens (tertiary/aromatic N) is 1. The zero-order valence-corrected chi connectivity index (χ0v) is 10.5. The van der Waals surface area contributed by atoms with Gasteiger partial charge in [0.15, 0.2) is 0 Å². The van der Waals surface area contributed by atoms with Gasteiger partial charge >= 0.3 is 0 Å². The summed E-state index contributed by atoms with van der Waals surface area (Å²) in [5.74, 6) is 0.915. The van der Waals surface area contributed by atoms with Crippen LogP contribution in [-0.4, -0.2) is 37.6 Å². The van der Waals surface area contributed by atoms with E-state index in [4.69, 9.17) is 10.5 Å².